The molecule has 0 atom stereocenters. The minimum absolute atomic E-state index is 0.368. The van der Waals surface area contributed by atoms with Crippen LogP contribution in [-0.4, -0.2) is 46.7 Å². The van der Waals surface area contributed by atoms with Gasteiger partial charge in [-0.15, -0.1) is 0 Å². The van der Waals surface area contributed by atoms with Crippen LogP contribution in [-0.2, 0) is 0 Å². The molecule has 1 rings (SSSR count). The molecule has 2 radical (unpaired) electrons. The van der Waals surface area contributed by atoms with Crippen LogP contribution in [0.25, 0.3) is 0 Å². The van der Waals surface area contributed by atoms with Gasteiger partial charge in [-0.2, -0.15) is 0 Å². The normalized spacial score (nSPS) is 9.36. The first-order chi connectivity index (χ1) is 5.26. The molecule has 0 spiro atoms. The molecule has 0 aliphatic heterocycles. The average molecular weight is 259 g/mol. The molecule has 11 heavy (non-hydrogen) atoms. The average Bonchev–Trinajstić information content (AvgIpc) is 2.03. The Morgan fingerprint density at radius 2 is 2.00 bits per heavy atom. The van der Waals surface area contributed by atoms with Gasteiger partial charge in [0, 0.05) is 0 Å². The van der Waals surface area contributed by atoms with Crippen molar-refractivity contribution in [1.82, 2.24) is 9.97 Å². The van der Waals surface area contributed by atoms with Crippen molar-refractivity contribution in [3.8, 4) is 11.9 Å². The van der Waals surface area contributed by atoms with E-state index in [1.807, 2.05) is 0 Å². The maximum absolute atomic E-state index is 4.93. The van der Waals surface area contributed by atoms with Gasteiger partial charge in [0.1, 0.15) is 0 Å². The first-order valence-corrected chi connectivity index (χ1v) is 4.63. The Hall–Kier alpha value is -0.521. The zero-order chi connectivity index (χ0) is 8.27. The van der Waals surface area contributed by atoms with Gasteiger partial charge in [0.2, 0.25) is 0 Å². The molecule has 4 nitrogen and oxygen atoms in total. The van der Waals surface area contributed by atoms with E-state index in [1.54, 1.807) is 13.2 Å². The standard InChI is InChI=1S/C6H7N2O2.Sn.H/c1-9-5-3-4-7-6(8-5)10-2;;/h3H,1-2H3;;. The van der Waals surface area contributed by atoms with E-state index in [4.69, 9.17) is 9.47 Å². The van der Waals surface area contributed by atoms with Gasteiger partial charge in [-0.3, -0.25) is 0 Å². The van der Waals surface area contributed by atoms with Crippen molar-refractivity contribution < 1.29 is 9.47 Å². The van der Waals surface area contributed by atoms with Gasteiger partial charge in [0.05, 0.1) is 0 Å². The van der Waals surface area contributed by atoms with Crippen molar-refractivity contribution in [2.45, 2.75) is 0 Å². The summed E-state index contributed by atoms with van der Waals surface area (Å²) in [6.45, 7) is 0. The number of hydrogen-bond acceptors (Lipinski definition) is 4. The molecule has 0 aliphatic carbocycles. The van der Waals surface area contributed by atoms with Crippen LogP contribution in [0.15, 0.2) is 6.07 Å². The van der Waals surface area contributed by atoms with E-state index < -0.39 is 0 Å². The Morgan fingerprint density at radius 1 is 1.27 bits per heavy atom. The van der Waals surface area contributed by atoms with Gasteiger partial charge >= 0.3 is 77.9 Å². The topological polar surface area (TPSA) is 44.2 Å². The van der Waals surface area contributed by atoms with E-state index in [-0.39, 0.29) is 0 Å². The zero-order valence-electron chi connectivity index (χ0n) is 6.37. The molecule has 0 aliphatic rings. The third kappa shape index (κ3) is 2.21. The van der Waals surface area contributed by atoms with Crippen LogP contribution in [0.2, 0.25) is 0 Å². The molecular weight excluding hydrogens is 251 g/mol. The Bertz CT molecular complexity index is 232. The number of hydrogen-bond donors (Lipinski definition) is 0. The molecule has 0 aromatic carbocycles. The quantitative estimate of drug-likeness (QED) is 0.640. The fourth-order valence-electron chi connectivity index (χ4n) is 0.617. The second-order valence-corrected chi connectivity index (χ2v) is 3.51. The molecule has 0 saturated heterocycles. The monoisotopic (exact) mass is 260 g/mol. The minimum atomic E-state index is 0.368. The number of methoxy groups -OCH3 is 2. The van der Waals surface area contributed by atoms with Crippen LogP contribution in [0.1, 0.15) is 0 Å². The molecule has 5 heteroatoms. The molecule has 0 bridgehead atoms. The van der Waals surface area contributed by atoms with Crippen molar-refractivity contribution >= 4 is 26.2 Å². The van der Waals surface area contributed by atoms with Gasteiger partial charge < -0.3 is 0 Å². The number of aromatic nitrogens is 2. The molecule has 0 unspecified atom stereocenters. The van der Waals surface area contributed by atoms with Gasteiger partial charge in [-0.05, 0) is 0 Å². The van der Waals surface area contributed by atoms with Crippen molar-refractivity contribution in [3.05, 3.63) is 6.07 Å². The van der Waals surface area contributed by atoms with Gasteiger partial charge in [0.15, 0.2) is 0 Å². The van der Waals surface area contributed by atoms with Crippen molar-refractivity contribution in [1.29, 1.82) is 0 Å². The first-order valence-electron chi connectivity index (χ1n) is 2.99. The fourth-order valence-corrected chi connectivity index (χ4v) is 1.34. The Morgan fingerprint density at radius 3 is 2.55 bits per heavy atom. The summed E-state index contributed by atoms with van der Waals surface area (Å²) in [4.78, 5) is 7.98. The summed E-state index contributed by atoms with van der Waals surface area (Å²) in [6.07, 6.45) is 0. The summed E-state index contributed by atoms with van der Waals surface area (Å²) in [5.74, 6) is 0.555. The fraction of sp³-hybridized carbons (Fsp3) is 0.333. The molecule has 0 fully saturated rings. The van der Waals surface area contributed by atoms with Crippen molar-refractivity contribution in [3.63, 3.8) is 0 Å². The van der Waals surface area contributed by atoms with Gasteiger partial charge in [-0.1, -0.05) is 0 Å². The molecule has 0 saturated carbocycles. The molecule has 0 amide bonds. The molecule has 0 N–H and O–H groups in total. The van der Waals surface area contributed by atoms with Crippen LogP contribution < -0.4 is 13.2 Å². The number of ether oxygens (including phenoxy) is 2. The van der Waals surface area contributed by atoms with E-state index in [2.05, 4.69) is 9.97 Å². The predicted octanol–water partition coefficient (Wildman–Crippen LogP) is -0.980. The number of rotatable bonds is 2. The van der Waals surface area contributed by atoms with E-state index >= 15 is 0 Å². The maximum atomic E-state index is 4.93. The van der Waals surface area contributed by atoms with E-state index in [9.17, 15) is 0 Å². The molecular formula is C6H8N2O2Sn. The predicted molar refractivity (Wildman–Crippen MR) is 41.9 cm³/mol. The summed E-state index contributed by atoms with van der Waals surface area (Å²) in [5, 5.41) is 0. The van der Waals surface area contributed by atoms with Crippen molar-refractivity contribution in [2.75, 3.05) is 14.2 Å². The third-order valence-corrected chi connectivity index (χ3v) is 1.94. The summed E-state index contributed by atoms with van der Waals surface area (Å²) in [7, 11) is 3.11. The Labute approximate surface area is 78.0 Å². The first kappa shape index (κ1) is 8.57. The summed E-state index contributed by atoms with van der Waals surface area (Å²) in [6, 6.07) is 2.16. The third-order valence-electron chi connectivity index (χ3n) is 1.09. The van der Waals surface area contributed by atoms with E-state index in [0.717, 1.165) is 26.2 Å². The molecule has 1 heterocycles. The molecule has 1 aromatic heterocycles. The summed E-state index contributed by atoms with van der Waals surface area (Å²) >= 11 is 0.932. The van der Waals surface area contributed by atoms with E-state index in [0.29, 0.717) is 11.9 Å². The van der Waals surface area contributed by atoms with Crippen LogP contribution in [0, 0.1) is 0 Å². The Balaban J connectivity index is 3.02. The van der Waals surface area contributed by atoms with Crippen LogP contribution in [0.5, 0.6) is 11.9 Å². The van der Waals surface area contributed by atoms with Gasteiger partial charge in [-0.25, -0.2) is 0 Å². The van der Waals surface area contributed by atoms with Crippen LogP contribution >= 0.6 is 0 Å². The summed E-state index contributed by atoms with van der Waals surface area (Å²) in [5.41, 5.74) is 0. The van der Waals surface area contributed by atoms with E-state index in [1.165, 1.54) is 7.11 Å². The second kappa shape index (κ2) is 3.75. The van der Waals surface area contributed by atoms with Crippen molar-refractivity contribution in [2.24, 2.45) is 0 Å². The molecule has 58 valence electrons. The SMILES string of the molecule is COc1c[c]([SnH])nc(OC)n1. The molecule has 1 aromatic rings. The second-order valence-electron chi connectivity index (χ2n) is 1.82. The van der Waals surface area contributed by atoms with Crippen LogP contribution in [0.3, 0.4) is 0 Å². The number of nitrogens with zero attached hydrogens (tertiary/aromatic N) is 2. The van der Waals surface area contributed by atoms with Gasteiger partial charge in [0.25, 0.3) is 0 Å². The Kier molecular flexibility index (Phi) is 2.92. The summed E-state index contributed by atoms with van der Waals surface area (Å²) < 4.78 is 10.7. The van der Waals surface area contributed by atoms with Crippen LogP contribution in [0.4, 0.5) is 0 Å². The zero-order valence-corrected chi connectivity index (χ0v) is 9.66.